The molecule has 1 aromatic carbocycles. The fourth-order valence-electron chi connectivity index (χ4n) is 4.36. The molecular formula is C23H28N4O3. The molecule has 2 saturated heterocycles. The first kappa shape index (κ1) is 20.5. The Morgan fingerprint density at radius 2 is 1.93 bits per heavy atom. The van der Waals surface area contributed by atoms with E-state index in [1.54, 1.807) is 12.4 Å². The van der Waals surface area contributed by atoms with Gasteiger partial charge in [-0.25, -0.2) is 4.98 Å². The number of hydrogen-bond acceptors (Lipinski definition) is 5. The Hall–Kier alpha value is -2.80. The van der Waals surface area contributed by atoms with Gasteiger partial charge in [0.15, 0.2) is 0 Å². The molecule has 1 spiro atoms. The van der Waals surface area contributed by atoms with E-state index < -0.39 is 0 Å². The molecule has 7 nitrogen and oxygen atoms in total. The lowest BCUT2D eigenvalue weighted by Gasteiger charge is -2.46. The molecule has 158 valence electrons. The second-order valence-corrected chi connectivity index (χ2v) is 8.30. The average molecular weight is 409 g/mol. The van der Waals surface area contributed by atoms with Crippen molar-refractivity contribution in [2.75, 3.05) is 26.2 Å². The van der Waals surface area contributed by atoms with Crippen LogP contribution in [0, 0.1) is 12.8 Å². The van der Waals surface area contributed by atoms with E-state index in [1.165, 1.54) is 0 Å². The lowest BCUT2D eigenvalue weighted by molar-refractivity contribution is -0.122. The lowest BCUT2D eigenvalue weighted by Crippen LogP contribution is -2.51. The highest BCUT2D eigenvalue weighted by Gasteiger charge is 2.41. The molecule has 2 amide bonds. The summed E-state index contributed by atoms with van der Waals surface area (Å²) in [4.78, 5) is 35.3. The molecule has 7 heteroatoms. The highest BCUT2D eigenvalue weighted by molar-refractivity contribution is 5.94. The van der Waals surface area contributed by atoms with Gasteiger partial charge in [0.25, 0.3) is 11.8 Å². The van der Waals surface area contributed by atoms with E-state index in [2.05, 4.69) is 15.3 Å². The number of carbonyl (C=O) groups excluding carboxylic acids is 2. The van der Waals surface area contributed by atoms with Gasteiger partial charge in [-0.1, -0.05) is 18.2 Å². The van der Waals surface area contributed by atoms with Crippen LogP contribution in [0.25, 0.3) is 0 Å². The van der Waals surface area contributed by atoms with Gasteiger partial charge in [0.1, 0.15) is 5.69 Å². The molecule has 0 radical (unpaired) electrons. The van der Waals surface area contributed by atoms with E-state index in [0.717, 1.165) is 31.4 Å². The predicted octanol–water partition coefficient (Wildman–Crippen LogP) is 2.62. The Morgan fingerprint density at radius 1 is 1.17 bits per heavy atom. The van der Waals surface area contributed by atoms with Crippen LogP contribution in [0.2, 0.25) is 0 Å². The van der Waals surface area contributed by atoms with Crippen molar-refractivity contribution in [3.05, 3.63) is 59.7 Å². The molecule has 1 N–H and O–H groups in total. The minimum atomic E-state index is -0.198. The summed E-state index contributed by atoms with van der Waals surface area (Å²) in [5, 5.41) is 3.07. The third kappa shape index (κ3) is 4.67. The maximum absolute atomic E-state index is 12.7. The van der Waals surface area contributed by atoms with Crippen LogP contribution in [0.5, 0.6) is 0 Å². The highest BCUT2D eigenvalue weighted by atomic mass is 16.5. The first-order valence-electron chi connectivity index (χ1n) is 10.6. The van der Waals surface area contributed by atoms with Crippen LogP contribution in [-0.2, 0) is 4.74 Å². The molecule has 2 aromatic rings. The quantitative estimate of drug-likeness (QED) is 0.841. The van der Waals surface area contributed by atoms with Crippen LogP contribution in [-0.4, -0.2) is 58.5 Å². The van der Waals surface area contributed by atoms with Crippen molar-refractivity contribution >= 4 is 11.8 Å². The van der Waals surface area contributed by atoms with Crippen molar-refractivity contribution in [3.63, 3.8) is 0 Å². The molecule has 0 aliphatic carbocycles. The Kier molecular flexibility index (Phi) is 6.08. The molecule has 2 aliphatic rings. The van der Waals surface area contributed by atoms with Gasteiger partial charge in [-0.15, -0.1) is 0 Å². The summed E-state index contributed by atoms with van der Waals surface area (Å²) < 4.78 is 6.20. The number of amides is 2. The number of nitrogens with one attached hydrogen (secondary N) is 1. The van der Waals surface area contributed by atoms with E-state index in [9.17, 15) is 9.59 Å². The molecule has 0 saturated carbocycles. The summed E-state index contributed by atoms with van der Waals surface area (Å²) >= 11 is 0. The molecule has 0 bridgehead atoms. The lowest BCUT2D eigenvalue weighted by atomic mass is 9.79. The van der Waals surface area contributed by atoms with Gasteiger partial charge in [-0.05, 0) is 50.7 Å². The first-order valence-corrected chi connectivity index (χ1v) is 10.6. The van der Waals surface area contributed by atoms with Crippen molar-refractivity contribution < 1.29 is 14.3 Å². The number of hydrogen-bond donors (Lipinski definition) is 1. The van der Waals surface area contributed by atoms with Gasteiger partial charge in [-0.3, -0.25) is 14.6 Å². The smallest absolute Gasteiger partial charge is 0.274 e. The summed E-state index contributed by atoms with van der Waals surface area (Å²) in [7, 11) is 0. The zero-order chi connectivity index (χ0) is 21.0. The van der Waals surface area contributed by atoms with Gasteiger partial charge in [0.05, 0.1) is 17.5 Å². The number of carbonyl (C=O) groups is 2. The summed E-state index contributed by atoms with van der Waals surface area (Å²) in [6, 6.07) is 9.30. The van der Waals surface area contributed by atoms with Gasteiger partial charge in [0, 0.05) is 38.0 Å². The molecule has 30 heavy (non-hydrogen) atoms. The van der Waals surface area contributed by atoms with Crippen LogP contribution >= 0.6 is 0 Å². The van der Waals surface area contributed by atoms with E-state index in [-0.39, 0.29) is 17.4 Å². The standard InChI is InChI=1S/C23H28N4O3/c1-17-14-25-20(16-24-17)22(29)27-10-8-23(9-11-27)13-18(7-12-30-23)15-26-21(28)19-5-3-2-4-6-19/h2-6,14,16,18H,7-13,15H2,1H3,(H,26,28). The number of piperidine rings is 1. The SMILES string of the molecule is Cc1cnc(C(=O)N2CCC3(CC2)CC(CNC(=O)c2ccccc2)CCO3)cn1. The molecule has 4 rings (SSSR count). The molecular weight excluding hydrogens is 380 g/mol. The Balaban J connectivity index is 1.29. The van der Waals surface area contributed by atoms with Crippen molar-refractivity contribution in [3.8, 4) is 0 Å². The molecule has 2 fully saturated rings. The summed E-state index contributed by atoms with van der Waals surface area (Å²) in [6.07, 6.45) is 6.64. The minimum Gasteiger partial charge on any atom is -0.375 e. The number of nitrogens with zero attached hydrogens (tertiary/aromatic N) is 3. The molecule has 3 heterocycles. The number of aryl methyl sites for hydroxylation is 1. The zero-order valence-corrected chi connectivity index (χ0v) is 17.3. The number of aromatic nitrogens is 2. The van der Waals surface area contributed by atoms with Crippen LogP contribution in [0.4, 0.5) is 0 Å². The molecule has 1 atom stereocenters. The Bertz CT molecular complexity index is 877. The minimum absolute atomic E-state index is 0.0317. The van der Waals surface area contributed by atoms with E-state index >= 15 is 0 Å². The van der Waals surface area contributed by atoms with Crippen molar-refractivity contribution in [2.45, 2.75) is 38.2 Å². The zero-order valence-electron chi connectivity index (χ0n) is 17.3. The van der Waals surface area contributed by atoms with Crippen molar-refractivity contribution in [2.24, 2.45) is 5.92 Å². The van der Waals surface area contributed by atoms with Crippen LogP contribution in [0.3, 0.4) is 0 Å². The van der Waals surface area contributed by atoms with Gasteiger partial charge < -0.3 is 15.0 Å². The topological polar surface area (TPSA) is 84.4 Å². The van der Waals surface area contributed by atoms with Crippen LogP contribution in [0.1, 0.15) is 52.2 Å². The second-order valence-electron chi connectivity index (χ2n) is 8.30. The summed E-state index contributed by atoms with van der Waals surface area (Å²) in [6.45, 7) is 4.50. The maximum Gasteiger partial charge on any atom is 0.274 e. The molecule has 1 aromatic heterocycles. The normalized spacial score (nSPS) is 20.7. The van der Waals surface area contributed by atoms with Gasteiger partial charge in [-0.2, -0.15) is 0 Å². The van der Waals surface area contributed by atoms with Crippen molar-refractivity contribution in [1.29, 1.82) is 0 Å². The second kappa shape index (κ2) is 8.92. The fraction of sp³-hybridized carbons (Fsp3) is 0.478. The third-order valence-corrected chi connectivity index (χ3v) is 6.14. The summed E-state index contributed by atoms with van der Waals surface area (Å²) in [5.41, 5.74) is 1.67. The van der Waals surface area contributed by atoms with Crippen molar-refractivity contribution in [1.82, 2.24) is 20.2 Å². The van der Waals surface area contributed by atoms with Gasteiger partial charge >= 0.3 is 0 Å². The Labute approximate surface area is 176 Å². The van der Waals surface area contributed by atoms with Crippen LogP contribution in [0.15, 0.2) is 42.7 Å². The van der Waals surface area contributed by atoms with E-state index in [1.807, 2.05) is 42.2 Å². The first-order chi connectivity index (χ1) is 14.5. The van der Waals surface area contributed by atoms with E-state index in [4.69, 9.17) is 4.74 Å². The number of ether oxygens (including phenoxy) is 1. The number of benzene rings is 1. The maximum atomic E-state index is 12.7. The third-order valence-electron chi connectivity index (χ3n) is 6.14. The fourth-order valence-corrected chi connectivity index (χ4v) is 4.36. The number of likely N-dealkylation sites (tertiary alicyclic amines) is 1. The Morgan fingerprint density at radius 3 is 2.63 bits per heavy atom. The summed E-state index contributed by atoms with van der Waals surface area (Å²) in [5.74, 6) is 0.284. The highest BCUT2D eigenvalue weighted by Crippen LogP contribution is 2.37. The average Bonchev–Trinajstić information content (AvgIpc) is 2.79. The van der Waals surface area contributed by atoms with Crippen LogP contribution < -0.4 is 5.32 Å². The largest absolute Gasteiger partial charge is 0.375 e. The monoisotopic (exact) mass is 408 g/mol. The van der Waals surface area contributed by atoms with E-state index in [0.29, 0.717) is 43.4 Å². The predicted molar refractivity (Wildman–Crippen MR) is 112 cm³/mol. The molecule has 1 unspecified atom stereocenters. The molecule has 2 aliphatic heterocycles. The number of rotatable bonds is 4. The van der Waals surface area contributed by atoms with Gasteiger partial charge in [0.2, 0.25) is 0 Å².